The fourth-order valence-corrected chi connectivity index (χ4v) is 3.40. The van der Waals surface area contributed by atoms with E-state index in [9.17, 15) is 4.79 Å². The van der Waals surface area contributed by atoms with E-state index >= 15 is 0 Å². The van der Waals surface area contributed by atoms with Crippen LogP contribution in [0.1, 0.15) is 36.3 Å². The number of rotatable bonds is 2. The number of carbonyl (C=O) groups is 1. The molecule has 7 heteroatoms. The molecule has 2 aliphatic rings. The van der Waals surface area contributed by atoms with Crippen LogP contribution in [0.4, 0.5) is 5.95 Å². The third-order valence-corrected chi connectivity index (χ3v) is 4.79. The summed E-state index contributed by atoms with van der Waals surface area (Å²) < 4.78 is 0. The second-order valence-electron chi connectivity index (χ2n) is 6.37. The first kappa shape index (κ1) is 15.0. The first-order valence-corrected chi connectivity index (χ1v) is 8.33. The molecule has 0 aromatic carbocycles. The summed E-state index contributed by atoms with van der Waals surface area (Å²) in [6, 6.07) is 1.83. The predicted octanol–water partition coefficient (Wildman–Crippen LogP) is 1.17. The molecular formula is C17H20N6O. The van der Waals surface area contributed by atoms with Gasteiger partial charge < -0.3 is 9.80 Å². The number of hydrogen-bond donors (Lipinski definition) is 0. The Morgan fingerprint density at radius 2 is 2.04 bits per heavy atom. The minimum absolute atomic E-state index is 0.110. The topological polar surface area (TPSA) is 75.1 Å². The lowest BCUT2D eigenvalue weighted by molar-refractivity contribution is -0.129. The van der Waals surface area contributed by atoms with Crippen molar-refractivity contribution in [3.05, 3.63) is 41.7 Å². The van der Waals surface area contributed by atoms with Gasteiger partial charge in [-0.25, -0.2) is 19.9 Å². The van der Waals surface area contributed by atoms with Crippen LogP contribution in [-0.4, -0.2) is 50.4 Å². The van der Waals surface area contributed by atoms with Gasteiger partial charge in [0.25, 0.3) is 0 Å². The smallest absolute Gasteiger partial charge is 0.225 e. The van der Waals surface area contributed by atoms with E-state index in [1.54, 1.807) is 19.3 Å². The molecule has 4 rings (SSSR count). The Labute approximate surface area is 140 Å². The van der Waals surface area contributed by atoms with E-state index in [0.29, 0.717) is 12.5 Å². The van der Waals surface area contributed by atoms with Gasteiger partial charge in [0.1, 0.15) is 5.82 Å². The largest absolute Gasteiger partial charge is 0.340 e. The van der Waals surface area contributed by atoms with Gasteiger partial charge in [0.2, 0.25) is 11.9 Å². The van der Waals surface area contributed by atoms with Crippen LogP contribution in [-0.2, 0) is 17.8 Å². The molecule has 24 heavy (non-hydrogen) atoms. The van der Waals surface area contributed by atoms with Crippen LogP contribution < -0.4 is 4.90 Å². The molecule has 2 aromatic heterocycles. The van der Waals surface area contributed by atoms with Crippen molar-refractivity contribution in [2.24, 2.45) is 0 Å². The molecule has 1 fully saturated rings. The molecule has 0 unspecified atom stereocenters. The molecular weight excluding hydrogens is 304 g/mol. The van der Waals surface area contributed by atoms with Crippen molar-refractivity contribution in [3.63, 3.8) is 0 Å². The fraction of sp³-hybridized carbons (Fsp3) is 0.471. The lowest BCUT2D eigenvalue weighted by Crippen LogP contribution is -2.35. The van der Waals surface area contributed by atoms with Gasteiger partial charge in [0.15, 0.2) is 0 Å². The number of anilines is 1. The summed E-state index contributed by atoms with van der Waals surface area (Å²) in [5, 5.41) is 0. The molecule has 1 atom stereocenters. The van der Waals surface area contributed by atoms with Crippen LogP contribution in [0.15, 0.2) is 24.7 Å². The minimum atomic E-state index is 0.110. The van der Waals surface area contributed by atoms with E-state index in [1.807, 2.05) is 17.2 Å². The third-order valence-electron chi connectivity index (χ3n) is 4.79. The van der Waals surface area contributed by atoms with E-state index < -0.39 is 0 Å². The number of aromatic nitrogens is 4. The summed E-state index contributed by atoms with van der Waals surface area (Å²) >= 11 is 0. The fourth-order valence-electron chi connectivity index (χ4n) is 3.40. The number of hydrogen-bond acceptors (Lipinski definition) is 6. The highest BCUT2D eigenvalue weighted by molar-refractivity contribution is 5.73. The molecule has 124 valence electrons. The van der Waals surface area contributed by atoms with Gasteiger partial charge in [-0.3, -0.25) is 4.79 Å². The first-order chi connectivity index (χ1) is 11.7. The Kier molecular flexibility index (Phi) is 3.84. The van der Waals surface area contributed by atoms with Crippen LogP contribution in [0.2, 0.25) is 0 Å². The van der Waals surface area contributed by atoms with Gasteiger partial charge in [-0.1, -0.05) is 0 Å². The molecule has 7 nitrogen and oxygen atoms in total. The maximum Gasteiger partial charge on any atom is 0.225 e. The van der Waals surface area contributed by atoms with E-state index in [2.05, 4.69) is 19.9 Å². The highest BCUT2D eigenvalue weighted by Crippen LogP contribution is 2.28. The summed E-state index contributed by atoms with van der Waals surface area (Å²) in [7, 11) is 0. The Morgan fingerprint density at radius 3 is 2.83 bits per heavy atom. The second kappa shape index (κ2) is 6.14. The Balaban J connectivity index is 1.49. The molecule has 0 bridgehead atoms. The van der Waals surface area contributed by atoms with Crippen LogP contribution in [0.3, 0.4) is 0 Å². The molecule has 1 saturated heterocycles. The van der Waals surface area contributed by atoms with Crippen LogP contribution in [0, 0.1) is 0 Å². The van der Waals surface area contributed by atoms with Crippen molar-refractivity contribution in [2.45, 2.75) is 32.2 Å². The average molecular weight is 324 g/mol. The highest BCUT2D eigenvalue weighted by Gasteiger charge is 2.29. The zero-order chi connectivity index (χ0) is 16.5. The number of fused-ring (bicyclic) bond motifs is 1. The van der Waals surface area contributed by atoms with Crippen LogP contribution in [0.5, 0.6) is 0 Å². The highest BCUT2D eigenvalue weighted by atomic mass is 16.2. The van der Waals surface area contributed by atoms with Crippen molar-refractivity contribution < 1.29 is 4.79 Å². The van der Waals surface area contributed by atoms with Gasteiger partial charge in [0, 0.05) is 69.6 Å². The van der Waals surface area contributed by atoms with Gasteiger partial charge in [-0.15, -0.1) is 0 Å². The summed E-state index contributed by atoms with van der Waals surface area (Å²) in [6.45, 7) is 4.75. The van der Waals surface area contributed by atoms with E-state index in [1.165, 1.54) is 0 Å². The molecule has 1 amide bonds. The molecule has 0 spiro atoms. The zero-order valence-corrected chi connectivity index (χ0v) is 13.7. The minimum Gasteiger partial charge on any atom is -0.340 e. The maximum atomic E-state index is 11.5. The predicted molar refractivity (Wildman–Crippen MR) is 88.4 cm³/mol. The van der Waals surface area contributed by atoms with E-state index in [-0.39, 0.29) is 5.91 Å². The normalized spacial score (nSPS) is 20.1. The molecule has 2 aliphatic heterocycles. The van der Waals surface area contributed by atoms with Crippen molar-refractivity contribution in [2.75, 3.05) is 24.5 Å². The van der Waals surface area contributed by atoms with Gasteiger partial charge >= 0.3 is 0 Å². The maximum absolute atomic E-state index is 11.5. The van der Waals surface area contributed by atoms with Crippen molar-refractivity contribution in [3.8, 4) is 0 Å². The number of amides is 1. The van der Waals surface area contributed by atoms with Crippen molar-refractivity contribution >= 4 is 11.9 Å². The second-order valence-corrected chi connectivity index (χ2v) is 6.37. The SMILES string of the molecule is CC(=O)N1CCc2nc([C@@H]3CCN(c4ncccn4)C3)ncc2C1. The molecule has 0 aliphatic carbocycles. The summed E-state index contributed by atoms with van der Waals surface area (Å²) in [4.78, 5) is 33.6. The Morgan fingerprint density at radius 1 is 1.21 bits per heavy atom. The van der Waals surface area contributed by atoms with Crippen molar-refractivity contribution in [1.82, 2.24) is 24.8 Å². The zero-order valence-electron chi connectivity index (χ0n) is 13.7. The molecule has 0 radical (unpaired) electrons. The monoisotopic (exact) mass is 324 g/mol. The Bertz CT molecular complexity index is 750. The number of nitrogens with zero attached hydrogens (tertiary/aromatic N) is 6. The third kappa shape index (κ3) is 2.81. The van der Waals surface area contributed by atoms with E-state index in [0.717, 1.165) is 55.5 Å². The molecule has 2 aromatic rings. The molecule has 0 N–H and O–H groups in total. The van der Waals surface area contributed by atoms with Crippen LogP contribution >= 0.6 is 0 Å². The van der Waals surface area contributed by atoms with Gasteiger partial charge in [-0.2, -0.15) is 0 Å². The van der Waals surface area contributed by atoms with Gasteiger partial charge in [0.05, 0.1) is 5.69 Å². The lowest BCUT2D eigenvalue weighted by Gasteiger charge is -2.27. The summed E-state index contributed by atoms with van der Waals surface area (Å²) in [5.74, 6) is 2.10. The summed E-state index contributed by atoms with van der Waals surface area (Å²) in [6.07, 6.45) is 7.26. The van der Waals surface area contributed by atoms with Crippen molar-refractivity contribution in [1.29, 1.82) is 0 Å². The quantitative estimate of drug-likeness (QED) is 0.825. The van der Waals surface area contributed by atoms with E-state index in [4.69, 9.17) is 4.98 Å². The standard InChI is InChI=1S/C17H20N6O/c1-12(24)22-8-4-15-14(11-22)9-20-16(21-15)13-3-7-23(10-13)17-18-5-2-6-19-17/h2,5-6,9,13H,3-4,7-8,10-11H2,1H3/t13-/m1/s1. The number of carbonyl (C=O) groups excluding carboxylic acids is 1. The average Bonchev–Trinajstić information content (AvgIpc) is 3.11. The molecule has 0 saturated carbocycles. The van der Waals surface area contributed by atoms with Crippen LogP contribution in [0.25, 0.3) is 0 Å². The Hall–Kier alpha value is -2.57. The first-order valence-electron chi connectivity index (χ1n) is 8.33. The molecule has 4 heterocycles. The summed E-state index contributed by atoms with van der Waals surface area (Å²) in [5.41, 5.74) is 2.16. The van der Waals surface area contributed by atoms with Gasteiger partial charge in [-0.05, 0) is 12.5 Å². The lowest BCUT2D eigenvalue weighted by atomic mass is 10.0.